The Morgan fingerprint density at radius 2 is 1.54 bits per heavy atom. The first-order valence-corrected chi connectivity index (χ1v) is 10.3. The highest BCUT2D eigenvalue weighted by molar-refractivity contribution is 7.89. The summed E-state index contributed by atoms with van der Waals surface area (Å²) in [5.41, 5.74) is 0.334. The summed E-state index contributed by atoms with van der Waals surface area (Å²) in [5, 5.41) is 0. The van der Waals surface area contributed by atoms with E-state index < -0.39 is 33.7 Å². The zero-order valence-electron chi connectivity index (χ0n) is 15.8. The highest BCUT2D eigenvalue weighted by Crippen LogP contribution is 2.14. The Labute approximate surface area is 163 Å². The normalized spacial score (nSPS) is 13.6. The minimum Gasteiger partial charge on any atom is -0.451 e. The van der Waals surface area contributed by atoms with Gasteiger partial charge in [0.2, 0.25) is 15.8 Å². The van der Waals surface area contributed by atoms with E-state index in [1.165, 1.54) is 43.3 Å². The number of benzene rings is 2. The van der Waals surface area contributed by atoms with Gasteiger partial charge in [-0.1, -0.05) is 6.92 Å². The molecule has 6 nitrogen and oxygen atoms in total. The Balaban J connectivity index is 2.06. The van der Waals surface area contributed by atoms with Gasteiger partial charge < -0.3 is 4.74 Å². The van der Waals surface area contributed by atoms with E-state index in [-0.39, 0.29) is 22.1 Å². The van der Waals surface area contributed by atoms with Crippen LogP contribution in [0.15, 0.2) is 53.4 Å². The van der Waals surface area contributed by atoms with Gasteiger partial charge in [0.25, 0.3) is 0 Å². The van der Waals surface area contributed by atoms with Gasteiger partial charge >= 0.3 is 5.97 Å². The third kappa shape index (κ3) is 5.46. The van der Waals surface area contributed by atoms with Gasteiger partial charge in [0, 0.05) is 11.6 Å². The topological polar surface area (TPSA) is 89.5 Å². The van der Waals surface area contributed by atoms with Crippen LogP contribution < -0.4 is 4.72 Å². The summed E-state index contributed by atoms with van der Waals surface area (Å²) in [6.45, 7) is 5.03. The van der Waals surface area contributed by atoms with Gasteiger partial charge in [-0.15, -0.1) is 0 Å². The molecule has 0 aliphatic carbocycles. The van der Waals surface area contributed by atoms with Crippen LogP contribution in [0.1, 0.15) is 47.9 Å². The van der Waals surface area contributed by atoms with Crippen molar-refractivity contribution in [3.05, 3.63) is 65.5 Å². The Bertz CT molecular complexity index is 940. The summed E-state index contributed by atoms with van der Waals surface area (Å²) in [5.74, 6) is -1.70. The third-order valence-corrected chi connectivity index (χ3v) is 5.76. The molecule has 0 spiro atoms. The molecular formula is C20H22FNO5S. The molecule has 0 unspecified atom stereocenters. The van der Waals surface area contributed by atoms with Crippen LogP contribution in [-0.4, -0.2) is 32.3 Å². The second-order valence-corrected chi connectivity index (χ2v) is 8.09. The summed E-state index contributed by atoms with van der Waals surface area (Å²) in [4.78, 5) is 24.5. The lowest BCUT2D eigenvalue weighted by atomic mass is 10.1. The summed E-state index contributed by atoms with van der Waals surface area (Å²) in [6, 6.07) is 9.95. The second-order valence-electron chi connectivity index (χ2n) is 6.37. The van der Waals surface area contributed by atoms with Crippen molar-refractivity contribution in [2.75, 3.05) is 0 Å². The monoisotopic (exact) mass is 407 g/mol. The average molecular weight is 407 g/mol. The molecule has 0 saturated carbocycles. The van der Waals surface area contributed by atoms with E-state index in [1.54, 1.807) is 6.92 Å². The SMILES string of the molecule is CC[C@@H](C)NS(=O)(=O)c1ccc(C(=O)O[C@H](C)C(=O)c2ccc(F)cc2)cc1. The molecule has 2 atom stereocenters. The molecule has 0 aliphatic rings. The standard InChI is InChI=1S/C20H22FNO5S/c1-4-13(2)22-28(25,26)18-11-7-16(8-12-18)20(24)27-14(3)19(23)15-5-9-17(21)10-6-15/h5-14,22H,4H2,1-3H3/t13-,14-/m1/s1. The molecule has 0 bridgehead atoms. The molecule has 0 fully saturated rings. The molecule has 0 amide bonds. The van der Waals surface area contributed by atoms with Gasteiger partial charge in [-0.2, -0.15) is 0 Å². The van der Waals surface area contributed by atoms with Crippen LogP contribution in [0.4, 0.5) is 4.39 Å². The Morgan fingerprint density at radius 3 is 2.07 bits per heavy atom. The number of ketones is 1. The Kier molecular flexibility index (Phi) is 7.04. The van der Waals surface area contributed by atoms with E-state index in [2.05, 4.69) is 4.72 Å². The Morgan fingerprint density at radius 1 is 1.00 bits per heavy atom. The van der Waals surface area contributed by atoms with Crippen LogP contribution in [0.25, 0.3) is 0 Å². The van der Waals surface area contributed by atoms with Crippen LogP contribution >= 0.6 is 0 Å². The number of ether oxygens (including phenoxy) is 1. The van der Waals surface area contributed by atoms with Crippen molar-refractivity contribution in [3.8, 4) is 0 Å². The van der Waals surface area contributed by atoms with Crippen molar-refractivity contribution in [2.45, 2.75) is 44.2 Å². The molecule has 28 heavy (non-hydrogen) atoms. The van der Waals surface area contributed by atoms with Crippen LogP contribution in [0, 0.1) is 5.82 Å². The molecule has 2 rings (SSSR count). The maximum absolute atomic E-state index is 12.9. The van der Waals surface area contributed by atoms with Crippen LogP contribution in [0.2, 0.25) is 0 Å². The van der Waals surface area contributed by atoms with E-state index in [0.29, 0.717) is 6.42 Å². The Hall–Kier alpha value is -2.58. The van der Waals surface area contributed by atoms with Crippen molar-refractivity contribution in [1.82, 2.24) is 4.72 Å². The predicted octanol–water partition coefficient (Wildman–Crippen LogP) is 3.33. The fraction of sp³-hybridized carbons (Fsp3) is 0.300. The fourth-order valence-electron chi connectivity index (χ4n) is 2.32. The van der Waals surface area contributed by atoms with Crippen LogP contribution in [0.5, 0.6) is 0 Å². The quantitative estimate of drug-likeness (QED) is 0.536. The largest absolute Gasteiger partial charge is 0.451 e. The zero-order valence-corrected chi connectivity index (χ0v) is 16.6. The second kappa shape index (κ2) is 9.07. The van der Waals surface area contributed by atoms with Gasteiger partial charge in [0.05, 0.1) is 10.5 Å². The number of hydrogen-bond acceptors (Lipinski definition) is 5. The molecular weight excluding hydrogens is 385 g/mol. The zero-order chi connectivity index (χ0) is 20.9. The van der Waals surface area contributed by atoms with Gasteiger partial charge in [-0.3, -0.25) is 4.79 Å². The first kappa shape index (κ1) is 21.7. The minimum atomic E-state index is -3.68. The molecule has 0 saturated heterocycles. The number of carbonyl (C=O) groups is 2. The van der Waals surface area contributed by atoms with Gasteiger partial charge in [0.15, 0.2) is 6.10 Å². The van der Waals surface area contributed by atoms with E-state index in [9.17, 15) is 22.4 Å². The first-order valence-electron chi connectivity index (χ1n) is 8.77. The maximum atomic E-state index is 12.9. The molecule has 0 radical (unpaired) electrons. The number of sulfonamides is 1. The summed E-state index contributed by atoms with van der Waals surface area (Å²) in [6.07, 6.45) is -0.433. The van der Waals surface area contributed by atoms with E-state index in [4.69, 9.17) is 4.74 Å². The number of nitrogens with one attached hydrogen (secondary N) is 1. The number of esters is 1. The molecule has 0 aliphatic heterocycles. The van der Waals surface area contributed by atoms with Gasteiger partial charge in [-0.05, 0) is 68.8 Å². The smallest absolute Gasteiger partial charge is 0.338 e. The van der Waals surface area contributed by atoms with Gasteiger partial charge in [-0.25, -0.2) is 22.3 Å². The first-order chi connectivity index (χ1) is 13.1. The lowest BCUT2D eigenvalue weighted by Gasteiger charge is -2.14. The van der Waals surface area contributed by atoms with Crippen molar-refractivity contribution < 1.29 is 27.1 Å². The van der Waals surface area contributed by atoms with E-state index in [1.807, 2.05) is 6.92 Å². The van der Waals surface area contributed by atoms with Crippen molar-refractivity contribution in [1.29, 1.82) is 0 Å². The molecule has 2 aromatic rings. The molecule has 150 valence electrons. The summed E-state index contributed by atoms with van der Waals surface area (Å²) in [7, 11) is -3.68. The molecule has 1 N–H and O–H groups in total. The van der Waals surface area contributed by atoms with Crippen LogP contribution in [0.3, 0.4) is 0 Å². The summed E-state index contributed by atoms with van der Waals surface area (Å²) < 4.78 is 45.1. The number of hydrogen-bond donors (Lipinski definition) is 1. The third-order valence-electron chi connectivity index (χ3n) is 4.15. The predicted molar refractivity (Wildman–Crippen MR) is 102 cm³/mol. The van der Waals surface area contributed by atoms with Crippen molar-refractivity contribution in [3.63, 3.8) is 0 Å². The molecule has 2 aromatic carbocycles. The van der Waals surface area contributed by atoms with Gasteiger partial charge in [0.1, 0.15) is 5.82 Å². The number of carbonyl (C=O) groups excluding carboxylic acids is 2. The minimum absolute atomic E-state index is 0.0276. The fourth-order valence-corrected chi connectivity index (χ4v) is 3.64. The highest BCUT2D eigenvalue weighted by atomic mass is 32.2. The molecule has 8 heteroatoms. The van der Waals surface area contributed by atoms with Crippen molar-refractivity contribution >= 4 is 21.8 Å². The number of Topliss-reactive ketones (excluding diaryl/α,β-unsaturated/α-hetero) is 1. The average Bonchev–Trinajstić information content (AvgIpc) is 2.67. The molecule has 0 heterocycles. The molecule has 0 aromatic heterocycles. The van der Waals surface area contributed by atoms with Crippen LogP contribution in [-0.2, 0) is 14.8 Å². The van der Waals surface area contributed by atoms with Crippen molar-refractivity contribution in [2.24, 2.45) is 0 Å². The maximum Gasteiger partial charge on any atom is 0.338 e. The van der Waals surface area contributed by atoms with E-state index >= 15 is 0 Å². The van der Waals surface area contributed by atoms with E-state index in [0.717, 1.165) is 12.1 Å². The number of rotatable bonds is 8. The highest BCUT2D eigenvalue weighted by Gasteiger charge is 2.22. The number of halogens is 1. The lowest BCUT2D eigenvalue weighted by Crippen LogP contribution is -2.32. The lowest BCUT2D eigenvalue weighted by molar-refractivity contribution is 0.0318. The summed E-state index contributed by atoms with van der Waals surface area (Å²) >= 11 is 0.